The van der Waals surface area contributed by atoms with Crippen molar-refractivity contribution in [3.8, 4) is 0 Å². The van der Waals surface area contributed by atoms with Crippen LogP contribution in [0.2, 0.25) is 0 Å². The second-order valence-electron chi connectivity index (χ2n) is 6.96. The normalized spacial score (nSPS) is 25.2. The van der Waals surface area contributed by atoms with Crippen LogP contribution in [-0.4, -0.2) is 40.4 Å². The van der Waals surface area contributed by atoms with Crippen LogP contribution in [0.1, 0.15) is 45.4 Å². The van der Waals surface area contributed by atoms with E-state index in [9.17, 15) is 9.18 Å². The zero-order chi connectivity index (χ0) is 17.8. The van der Waals surface area contributed by atoms with Crippen LogP contribution in [-0.2, 0) is 4.79 Å². The van der Waals surface area contributed by atoms with Crippen molar-refractivity contribution >= 4 is 40.9 Å². The van der Waals surface area contributed by atoms with Crippen molar-refractivity contribution in [3.05, 3.63) is 30.1 Å². The van der Waals surface area contributed by atoms with Gasteiger partial charge in [-0.15, -0.1) is 12.4 Å². The number of carbonyl (C=O) groups excluding carboxylic acids is 1. The smallest absolute Gasteiger partial charge is 0.226 e. The molecule has 26 heavy (non-hydrogen) atoms. The monoisotopic (exact) mass is 399 g/mol. The maximum Gasteiger partial charge on any atom is 0.226 e. The first kappa shape index (κ1) is 21.0. The number of aliphatic imine (C=N–C) groups is 1. The average Bonchev–Trinajstić information content (AvgIpc) is 2.85. The van der Waals surface area contributed by atoms with Gasteiger partial charge in [-0.3, -0.25) is 9.79 Å². The summed E-state index contributed by atoms with van der Waals surface area (Å²) >= 11 is 1.77. The van der Waals surface area contributed by atoms with Crippen molar-refractivity contribution < 1.29 is 9.18 Å². The molecule has 3 rings (SSSR count). The van der Waals surface area contributed by atoms with E-state index >= 15 is 0 Å². The van der Waals surface area contributed by atoms with E-state index in [0.29, 0.717) is 23.4 Å². The first-order chi connectivity index (χ1) is 12.0. The molecular formula is C19H27ClFN3OS. The van der Waals surface area contributed by atoms with Crippen molar-refractivity contribution in [2.24, 2.45) is 4.99 Å². The molecule has 7 heteroatoms. The van der Waals surface area contributed by atoms with Crippen LogP contribution < -0.4 is 5.32 Å². The Hall–Kier alpha value is -1.27. The molecule has 1 saturated heterocycles. The lowest BCUT2D eigenvalue weighted by Crippen LogP contribution is -2.36. The summed E-state index contributed by atoms with van der Waals surface area (Å²) in [7, 11) is 2.04. The Morgan fingerprint density at radius 3 is 2.58 bits per heavy atom. The van der Waals surface area contributed by atoms with Crippen molar-refractivity contribution in [2.45, 2.75) is 62.8 Å². The molecule has 0 spiro atoms. The number of benzene rings is 1. The summed E-state index contributed by atoms with van der Waals surface area (Å²) < 4.78 is 13.0. The molecule has 1 aromatic carbocycles. The third-order valence-corrected chi connectivity index (χ3v) is 6.31. The number of amidine groups is 1. The molecule has 1 amide bonds. The highest BCUT2D eigenvalue weighted by Crippen LogP contribution is 2.34. The molecule has 0 bridgehead atoms. The van der Waals surface area contributed by atoms with Gasteiger partial charge in [-0.2, -0.15) is 0 Å². The van der Waals surface area contributed by atoms with Crippen LogP contribution in [0.15, 0.2) is 29.3 Å². The number of anilines is 1. The van der Waals surface area contributed by atoms with E-state index in [1.807, 2.05) is 7.05 Å². The van der Waals surface area contributed by atoms with Crippen LogP contribution in [0, 0.1) is 5.82 Å². The lowest BCUT2D eigenvalue weighted by Gasteiger charge is -2.24. The number of nitrogens with zero attached hydrogens (tertiary/aromatic N) is 2. The fourth-order valence-electron chi connectivity index (χ4n) is 3.51. The number of thioether (sulfide) groups is 1. The first-order valence-corrected chi connectivity index (χ1v) is 9.93. The topological polar surface area (TPSA) is 44.7 Å². The SMILES string of the molecule is CC1S/C(=N\C2CCCCC2)N(C)C1CC(=O)Nc1ccc(F)cc1.Cl. The third kappa shape index (κ3) is 5.36. The van der Waals surface area contributed by atoms with Gasteiger partial charge < -0.3 is 10.2 Å². The highest BCUT2D eigenvalue weighted by molar-refractivity contribution is 8.14. The van der Waals surface area contributed by atoms with Gasteiger partial charge in [0, 0.05) is 24.4 Å². The Kier molecular flexibility index (Phi) is 7.77. The van der Waals surface area contributed by atoms with Crippen molar-refractivity contribution in [2.75, 3.05) is 12.4 Å². The number of amides is 1. The summed E-state index contributed by atoms with van der Waals surface area (Å²) in [5, 5.41) is 4.25. The van der Waals surface area contributed by atoms with Crippen molar-refractivity contribution in [1.82, 2.24) is 4.90 Å². The van der Waals surface area contributed by atoms with Crippen LogP contribution in [0.25, 0.3) is 0 Å². The van der Waals surface area contributed by atoms with Crippen LogP contribution in [0.5, 0.6) is 0 Å². The summed E-state index contributed by atoms with van der Waals surface area (Å²) in [4.78, 5) is 19.5. The summed E-state index contributed by atoms with van der Waals surface area (Å²) in [5.74, 6) is -0.350. The van der Waals surface area contributed by atoms with Gasteiger partial charge in [0.25, 0.3) is 0 Å². The molecule has 2 atom stereocenters. The van der Waals surface area contributed by atoms with Crippen LogP contribution in [0.3, 0.4) is 0 Å². The Morgan fingerprint density at radius 2 is 1.92 bits per heavy atom. The fraction of sp³-hybridized carbons (Fsp3) is 0.579. The molecule has 4 nitrogen and oxygen atoms in total. The minimum atomic E-state index is -0.304. The van der Waals surface area contributed by atoms with E-state index in [1.54, 1.807) is 23.9 Å². The molecular weight excluding hydrogens is 373 g/mol. The molecule has 1 aliphatic carbocycles. The highest BCUT2D eigenvalue weighted by Gasteiger charge is 2.35. The molecule has 144 valence electrons. The van der Waals surface area contributed by atoms with Gasteiger partial charge in [-0.25, -0.2) is 4.39 Å². The van der Waals surface area contributed by atoms with E-state index in [1.165, 1.54) is 44.2 Å². The number of halogens is 2. The maximum absolute atomic E-state index is 13.0. The average molecular weight is 400 g/mol. The molecule has 1 heterocycles. The number of hydrogen-bond acceptors (Lipinski definition) is 3. The van der Waals surface area contributed by atoms with Crippen molar-refractivity contribution in [3.63, 3.8) is 0 Å². The zero-order valence-corrected chi connectivity index (χ0v) is 16.9. The Morgan fingerprint density at radius 1 is 1.27 bits per heavy atom. The summed E-state index contributed by atoms with van der Waals surface area (Å²) in [5.41, 5.74) is 0.628. The molecule has 2 aliphatic rings. The minimum Gasteiger partial charge on any atom is -0.350 e. The predicted octanol–water partition coefficient (Wildman–Crippen LogP) is 4.70. The summed E-state index contributed by atoms with van der Waals surface area (Å²) in [6.07, 6.45) is 6.65. The second-order valence-corrected chi connectivity index (χ2v) is 8.31. The molecule has 1 aromatic rings. The first-order valence-electron chi connectivity index (χ1n) is 9.05. The highest BCUT2D eigenvalue weighted by atomic mass is 35.5. The van der Waals surface area contributed by atoms with E-state index in [2.05, 4.69) is 17.1 Å². The fourth-order valence-corrected chi connectivity index (χ4v) is 4.79. The number of nitrogens with one attached hydrogen (secondary N) is 1. The maximum atomic E-state index is 13.0. The van der Waals surface area contributed by atoms with E-state index < -0.39 is 0 Å². The van der Waals surface area contributed by atoms with Gasteiger partial charge in [0.2, 0.25) is 5.91 Å². The lowest BCUT2D eigenvalue weighted by molar-refractivity contribution is -0.117. The summed E-state index contributed by atoms with van der Waals surface area (Å²) in [6, 6.07) is 6.44. The molecule has 2 fully saturated rings. The minimum absolute atomic E-state index is 0. The van der Waals surface area contributed by atoms with Crippen LogP contribution in [0.4, 0.5) is 10.1 Å². The molecule has 1 aliphatic heterocycles. The molecule has 0 aromatic heterocycles. The predicted molar refractivity (Wildman–Crippen MR) is 110 cm³/mol. The van der Waals surface area contributed by atoms with Gasteiger partial charge in [0.05, 0.1) is 12.1 Å². The number of carbonyl (C=O) groups is 1. The van der Waals surface area contributed by atoms with Crippen LogP contribution >= 0.6 is 24.2 Å². The van der Waals surface area contributed by atoms with Crippen molar-refractivity contribution in [1.29, 1.82) is 0 Å². The van der Waals surface area contributed by atoms with Gasteiger partial charge in [-0.1, -0.05) is 37.9 Å². The van der Waals surface area contributed by atoms with Gasteiger partial charge in [0.15, 0.2) is 5.17 Å². The number of rotatable bonds is 4. The Balaban J connectivity index is 0.00000243. The van der Waals surface area contributed by atoms with E-state index in [0.717, 1.165) is 5.17 Å². The summed E-state index contributed by atoms with van der Waals surface area (Å²) in [6.45, 7) is 2.15. The quantitative estimate of drug-likeness (QED) is 0.798. The van der Waals surface area contributed by atoms with Gasteiger partial charge in [0.1, 0.15) is 5.82 Å². The van der Waals surface area contributed by atoms with E-state index in [4.69, 9.17) is 4.99 Å². The second kappa shape index (κ2) is 9.60. The largest absolute Gasteiger partial charge is 0.350 e. The molecule has 1 N–H and O–H groups in total. The molecule has 1 saturated carbocycles. The van der Waals surface area contributed by atoms with E-state index in [-0.39, 0.29) is 30.2 Å². The standard InChI is InChI=1S/C19H26FN3OS.ClH/c1-13-17(12-18(24)21-16-10-8-14(20)9-11-16)23(2)19(25-13)22-15-6-4-3-5-7-15;/h8-11,13,15,17H,3-7,12H2,1-2H3,(H,21,24);1H/b22-19-;. The molecule has 0 radical (unpaired) electrons. The zero-order valence-electron chi connectivity index (χ0n) is 15.3. The third-order valence-electron chi connectivity index (χ3n) is 5.02. The van der Waals surface area contributed by atoms with Gasteiger partial charge in [-0.05, 0) is 37.1 Å². The lowest BCUT2D eigenvalue weighted by atomic mass is 9.96. The Bertz CT molecular complexity index is 634. The Labute approximate surface area is 165 Å². The molecule has 2 unspecified atom stereocenters. The number of hydrogen-bond donors (Lipinski definition) is 1. The van der Waals surface area contributed by atoms with Gasteiger partial charge >= 0.3 is 0 Å².